The van der Waals surface area contributed by atoms with Gasteiger partial charge in [-0.1, -0.05) is 84.9 Å². The van der Waals surface area contributed by atoms with Crippen molar-refractivity contribution in [3.8, 4) is 33.5 Å². The fourth-order valence-electron chi connectivity index (χ4n) is 4.32. The van der Waals surface area contributed by atoms with E-state index in [4.69, 9.17) is 0 Å². The molecule has 3 aromatic carbocycles. The van der Waals surface area contributed by atoms with Crippen molar-refractivity contribution in [2.45, 2.75) is 13.0 Å². The van der Waals surface area contributed by atoms with E-state index >= 15 is 0 Å². The molecule has 0 saturated heterocycles. The lowest BCUT2D eigenvalue weighted by atomic mass is 10.0. The van der Waals surface area contributed by atoms with Crippen LogP contribution in [0.5, 0.6) is 0 Å². The van der Waals surface area contributed by atoms with E-state index in [9.17, 15) is 9.59 Å². The number of carbonyl (C=O) groups is 1. The third-order valence-electron chi connectivity index (χ3n) is 6.42. The van der Waals surface area contributed by atoms with Crippen LogP contribution in [0.15, 0.2) is 107 Å². The summed E-state index contributed by atoms with van der Waals surface area (Å²) in [6.07, 6.45) is 1.45. The molecule has 1 atom stereocenters. The fraction of sp³-hybridized carbons (Fsp3) is 0.0667. The molecule has 0 saturated carbocycles. The zero-order valence-electron chi connectivity index (χ0n) is 20.4. The lowest BCUT2D eigenvalue weighted by Crippen LogP contribution is -2.31. The number of hydrogen-bond donors (Lipinski definition) is 1. The predicted octanol–water partition coefficient (Wildman–Crippen LogP) is 7.12. The molecule has 0 fully saturated rings. The van der Waals surface area contributed by atoms with Crippen molar-refractivity contribution in [2.24, 2.45) is 0 Å². The third-order valence-corrected chi connectivity index (χ3v) is 8.07. The number of hydrogen-bond acceptors (Lipinski definition) is 6. The van der Waals surface area contributed by atoms with Gasteiger partial charge in [0.1, 0.15) is 10.9 Å². The van der Waals surface area contributed by atoms with Crippen LogP contribution in [0.3, 0.4) is 0 Å². The van der Waals surface area contributed by atoms with Gasteiger partial charge in [0.05, 0.1) is 17.4 Å². The van der Waals surface area contributed by atoms with Crippen molar-refractivity contribution in [1.29, 1.82) is 0 Å². The average Bonchev–Trinajstić information content (AvgIpc) is 3.62. The minimum atomic E-state index is -0.767. The first kappa shape index (κ1) is 24.0. The van der Waals surface area contributed by atoms with Gasteiger partial charge in [0.15, 0.2) is 5.13 Å². The Morgan fingerprint density at radius 1 is 0.816 bits per heavy atom. The Labute approximate surface area is 226 Å². The molecule has 1 amide bonds. The zero-order chi connectivity index (χ0) is 26.1. The molecule has 0 aliphatic carbocycles. The molecule has 3 heterocycles. The SMILES string of the molecule is CC(C(=O)Nc1nc(-c2ccccc2)cs1)n1cnc2scc(-c3ccc(-c4ccccc4)cc3)c2c1=O. The molecule has 6 aromatic rings. The van der Waals surface area contributed by atoms with Crippen LogP contribution in [0.1, 0.15) is 13.0 Å². The molecule has 0 spiro atoms. The van der Waals surface area contributed by atoms with Gasteiger partial charge in [-0.3, -0.25) is 14.2 Å². The Bertz CT molecular complexity index is 1790. The van der Waals surface area contributed by atoms with Crippen molar-refractivity contribution in [1.82, 2.24) is 14.5 Å². The number of fused-ring (bicyclic) bond motifs is 1. The summed E-state index contributed by atoms with van der Waals surface area (Å²) in [7, 11) is 0. The molecule has 0 bridgehead atoms. The summed E-state index contributed by atoms with van der Waals surface area (Å²) < 4.78 is 1.39. The van der Waals surface area contributed by atoms with Gasteiger partial charge >= 0.3 is 0 Å². The quantitative estimate of drug-likeness (QED) is 0.247. The first-order chi connectivity index (χ1) is 18.6. The topological polar surface area (TPSA) is 76.9 Å². The van der Waals surface area contributed by atoms with E-state index in [1.165, 1.54) is 33.6 Å². The lowest BCUT2D eigenvalue weighted by molar-refractivity contribution is -0.118. The highest BCUT2D eigenvalue weighted by molar-refractivity contribution is 7.17. The van der Waals surface area contributed by atoms with Crippen LogP contribution in [0.25, 0.3) is 43.7 Å². The van der Waals surface area contributed by atoms with Crippen LogP contribution >= 0.6 is 22.7 Å². The van der Waals surface area contributed by atoms with E-state index in [1.54, 1.807) is 6.92 Å². The maximum absolute atomic E-state index is 13.6. The second-order valence-corrected chi connectivity index (χ2v) is 10.5. The molecule has 0 aliphatic heterocycles. The first-order valence-electron chi connectivity index (χ1n) is 12.0. The van der Waals surface area contributed by atoms with Gasteiger partial charge in [-0.15, -0.1) is 22.7 Å². The van der Waals surface area contributed by atoms with Crippen LogP contribution in [-0.4, -0.2) is 20.4 Å². The van der Waals surface area contributed by atoms with E-state index in [-0.39, 0.29) is 11.5 Å². The van der Waals surface area contributed by atoms with E-state index in [2.05, 4.69) is 39.6 Å². The number of benzene rings is 3. The van der Waals surface area contributed by atoms with Gasteiger partial charge in [0, 0.05) is 21.9 Å². The smallest absolute Gasteiger partial charge is 0.263 e. The second-order valence-electron chi connectivity index (χ2n) is 8.80. The summed E-state index contributed by atoms with van der Waals surface area (Å²) in [5, 5.41) is 7.70. The second kappa shape index (κ2) is 10.2. The highest BCUT2D eigenvalue weighted by Crippen LogP contribution is 2.32. The summed E-state index contributed by atoms with van der Waals surface area (Å²) in [6, 6.07) is 27.3. The van der Waals surface area contributed by atoms with Gasteiger partial charge < -0.3 is 5.32 Å². The highest BCUT2D eigenvalue weighted by Gasteiger charge is 2.21. The Hall–Kier alpha value is -4.40. The molecule has 38 heavy (non-hydrogen) atoms. The number of aromatic nitrogens is 3. The number of anilines is 1. The van der Waals surface area contributed by atoms with Gasteiger partial charge in [-0.05, 0) is 23.6 Å². The minimum Gasteiger partial charge on any atom is -0.300 e. The van der Waals surface area contributed by atoms with Crippen molar-refractivity contribution >= 4 is 43.9 Å². The van der Waals surface area contributed by atoms with E-state index in [0.717, 1.165) is 33.5 Å². The number of thiazole rings is 1. The molecule has 0 aliphatic rings. The number of carbonyl (C=O) groups excluding carboxylic acids is 1. The number of rotatable bonds is 6. The lowest BCUT2D eigenvalue weighted by Gasteiger charge is -2.14. The molecular formula is C30H22N4O2S2. The van der Waals surface area contributed by atoms with Gasteiger partial charge in [-0.25, -0.2) is 9.97 Å². The summed E-state index contributed by atoms with van der Waals surface area (Å²) in [4.78, 5) is 36.4. The number of amides is 1. The number of nitrogens with zero attached hydrogens (tertiary/aromatic N) is 3. The monoisotopic (exact) mass is 534 g/mol. The van der Waals surface area contributed by atoms with Gasteiger partial charge in [-0.2, -0.15) is 0 Å². The minimum absolute atomic E-state index is 0.245. The van der Waals surface area contributed by atoms with Crippen molar-refractivity contribution in [3.05, 3.63) is 112 Å². The van der Waals surface area contributed by atoms with E-state index in [0.29, 0.717) is 15.3 Å². The van der Waals surface area contributed by atoms with Crippen molar-refractivity contribution < 1.29 is 4.79 Å². The summed E-state index contributed by atoms with van der Waals surface area (Å²) >= 11 is 2.77. The zero-order valence-corrected chi connectivity index (χ0v) is 22.0. The van der Waals surface area contributed by atoms with Crippen LogP contribution in [0, 0.1) is 0 Å². The fourth-order valence-corrected chi connectivity index (χ4v) is 5.94. The molecule has 6 nitrogen and oxygen atoms in total. The summed E-state index contributed by atoms with van der Waals surface area (Å²) in [6.45, 7) is 1.69. The molecule has 186 valence electrons. The molecule has 0 radical (unpaired) electrons. The largest absolute Gasteiger partial charge is 0.300 e. The molecule has 1 unspecified atom stereocenters. The van der Waals surface area contributed by atoms with E-state index in [1.807, 2.05) is 71.4 Å². The Balaban J connectivity index is 1.27. The highest BCUT2D eigenvalue weighted by atomic mass is 32.1. The van der Waals surface area contributed by atoms with E-state index < -0.39 is 6.04 Å². The Morgan fingerprint density at radius 3 is 2.16 bits per heavy atom. The predicted molar refractivity (Wildman–Crippen MR) is 156 cm³/mol. The summed E-state index contributed by atoms with van der Waals surface area (Å²) in [5.41, 5.74) is 5.51. The van der Waals surface area contributed by atoms with Crippen molar-refractivity contribution in [3.63, 3.8) is 0 Å². The molecular weight excluding hydrogens is 512 g/mol. The van der Waals surface area contributed by atoms with Gasteiger partial charge in [0.25, 0.3) is 5.56 Å². The Morgan fingerprint density at radius 2 is 1.45 bits per heavy atom. The number of nitrogens with one attached hydrogen (secondary N) is 1. The van der Waals surface area contributed by atoms with Crippen LogP contribution in [0.2, 0.25) is 0 Å². The Kier molecular flexibility index (Phi) is 6.41. The number of thiophene rings is 1. The normalized spacial score (nSPS) is 11.9. The molecule has 6 rings (SSSR count). The molecule has 3 aromatic heterocycles. The van der Waals surface area contributed by atoms with Gasteiger partial charge in [0.2, 0.25) is 5.91 Å². The maximum Gasteiger partial charge on any atom is 0.263 e. The standard InChI is InChI=1S/C30H22N4O2S2/c1-19(27(35)33-30-32-25(17-38-30)23-10-6-3-7-11-23)34-18-31-28-26(29(34)36)24(16-37-28)22-14-12-21(13-15-22)20-8-4-2-5-9-20/h2-19H,1H3,(H,32,33,35). The summed E-state index contributed by atoms with van der Waals surface area (Å²) in [5.74, 6) is -0.328. The van der Waals surface area contributed by atoms with Crippen LogP contribution in [-0.2, 0) is 4.79 Å². The maximum atomic E-state index is 13.6. The third kappa shape index (κ3) is 4.55. The first-order valence-corrected chi connectivity index (χ1v) is 13.8. The molecule has 1 N–H and O–H groups in total. The molecule has 8 heteroatoms. The van der Waals surface area contributed by atoms with Crippen LogP contribution < -0.4 is 10.9 Å². The van der Waals surface area contributed by atoms with Crippen LogP contribution in [0.4, 0.5) is 5.13 Å². The van der Waals surface area contributed by atoms with Crippen molar-refractivity contribution in [2.75, 3.05) is 5.32 Å². The average molecular weight is 535 g/mol.